The normalized spacial score (nSPS) is 17.0. The largest absolute Gasteiger partial charge is 0.492 e. The molecule has 5 rings (SSSR count). The molecule has 11 heteroatoms. The number of rotatable bonds is 6. The number of nitrogens with one attached hydrogen (secondary N) is 1. The summed E-state index contributed by atoms with van der Waals surface area (Å²) in [5.41, 5.74) is 2.94. The van der Waals surface area contributed by atoms with E-state index < -0.39 is 33.9 Å². The lowest BCUT2D eigenvalue weighted by molar-refractivity contribution is 0.146. The van der Waals surface area contributed by atoms with E-state index >= 15 is 0 Å². The summed E-state index contributed by atoms with van der Waals surface area (Å²) < 4.78 is 72.7. The lowest BCUT2D eigenvalue weighted by atomic mass is 9.94. The van der Waals surface area contributed by atoms with Crippen LogP contribution in [0.4, 0.5) is 19.0 Å². The quantitative estimate of drug-likeness (QED) is 0.472. The second-order valence-corrected chi connectivity index (χ2v) is 11.3. The third-order valence-corrected chi connectivity index (χ3v) is 8.12. The molecular formula is C26H27F3N4O3S. The maximum atomic E-state index is 14.8. The van der Waals surface area contributed by atoms with Gasteiger partial charge in [-0.2, -0.15) is 4.31 Å². The number of ether oxygens (including phenoxy) is 1. The van der Waals surface area contributed by atoms with E-state index in [1.807, 2.05) is 12.1 Å². The van der Waals surface area contributed by atoms with Crippen molar-refractivity contribution in [2.24, 2.45) is 0 Å². The van der Waals surface area contributed by atoms with Crippen LogP contribution in [0.2, 0.25) is 0 Å². The molecule has 3 aromatic rings. The van der Waals surface area contributed by atoms with Crippen LogP contribution in [0.3, 0.4) is 0 Å². The Balaban J connectivity index is 1.59. The lowest BCUT2D eigenvalue weighted by Crippen LogP contribution is -2.33. The first-order valence-electron chi connectivity index (χ1n) is 12.0. The van der Waals surface area contributed by atoms with Gasteiger partial charge in [-0.3, -0.25) is 0 Å². The highest BCUT2D eigenvalue weighted by Crippen LogP contribution is 2.42. The summed E-state index contributed by atoms with van der Waals surface area (Å²) >= 11 is 0. The number of anilines is 1. The molecule has 1 N–H and O–H groups in total. The van der Waals surface area contributed by atoms with E-state index in [9.17, 15) is 21.6 Å². The smallest absolute Gasteiger partial charge is 0.266 e. The van der Waals surface area contributed by atoms with Gasteiger partial charge >= 0.3 is 0 Å². The standard InChI is InChI=1S/C26H27F3N4O3S/c1-14(17-5-4-6-18(22(17)27)25(28)29)30-26-21-13-20(16-7-10-33(11-8-16)37(3,34)35)24-19(9-12-36-24)23(21)31-15(2)32-26/h4-7,13-14,25H,8-12H2,1-3H3,(H,30,31,32)/t14-/m1/s1. The van der Waals surface area contributed by atoms with E-state index in [-0.39, 0.29) is 12.1 Å². The Morgan fingerprint density at radius 3 is 2.59 bits per heavy atom. The first-order valence-corrected chi connectivity index (χ1v) is 13.8. The molecule has 1 aromatic heterocycles. The van der Waals surface area contributed by atoms with Gasteiger partial charge in [0.05, 0.1) is 30.0 Å². The Bertz CT molecular complexity index is 1530. The molecule has 3 heterocycles. The summed E-state index contributed by atoms with van der Waals surface area (Å²) in [6.45, 7) is 4.58. The van der Waals surface area contributed by atoms with Crippen molar-refractivity contribution in [3.05, 3.63) is 64.2 Å². The van der Waals surface area contributed by atoms with E-state index in [2.05, 4.69) is 15.3 Å². The van der Waals surface area contributed by atoms with Crippen LogP contribution >= 0.6 is 0 Å². The topological polar surface area (TPSA) is 84.4 Å². The zero-order chi connectivity index (χ0) is 26.5. The Kier molecular flexibility index (Phi) is 6.61. The molecule has 0 saturated carbocycles. The van der Waals surface area contributed by atoms with E-state index in [0.29, 0.717) is 43.0 Å². The summed E-state index contributed by atoms with van der Waals surface area (Å²) in [7, 11) is -3.29. The predicted molar refractivity (Wildman–Crippen MR) is 136 cm³/mol. The number of alkyl halides is 2. The highest BCUT2D eigenvalue weighted by atomic mass is 32.2. The molecule has 0 spiro atoms. The van der Waals surface area contributed by atoms with Crippen LogP contribution in [0.1, 0.15) is 53.9 Å². The number of nitrogens with zero attached hydrogens (tertiary/aromatic N) is 3. The molecule has 0 saturated heterocycles. The minimum absolute atomic E-state index is 0.114. The average Bonchev–Trinajstić information content (AvgIpc) is 3.33. The molecule has 0 amide bonds. The molecule has 0 fully saturated rings. The van der Waals surface area contributed by atoms with Crippen molar-refractivity contribution in [3.8, 4) is 5.75 Å². The van der Waals surface area contributed by atoms with Gasteiger partial charge in [-0.05, 0) is 31.9 Å². The van der Waals surface area contributed by atoms with Crippen LogP contribution in [0.15, 0.2) is 30.3 Å². The third kappa shape index (κ3) is 4.77. The number of fused-ring (bicyclic) bond motifs is 3. The molecule has 0 bridgehead atoms. The van der Waals surface area contributed by atoms with Crippen molar-refractivity contribution in [2.75, 3.05) is 31.3 Å². The molecule has 0 radical (unpaired) electrons. The molecule has 7 nitrogen and oxygen atoms in total. The number of halogens is 3. The first kappa shape index (κ1) is 25.5. The number of aryl methyl sites for hydroxylation is 1. The van der Waals surface area contributed by atoms with Crippen LogP contribution in [0.5, 0.6) is 5.75 Å². The fraction of sp³-hybridized carbons (Fsp3) is 0.385. The van der Waals surface area contributed by atoms with Crippen molar-refractivity contribution in [2.45, 2.75) is 39.2 Å². The fourth-order valence-corrected chi connectivity index (χ4v) is 5.75. The van der Waals surface area contributed by atoms with Gasteiger partial charge < -0.3 is 10.1 Å². The van der Waals surface area contributed by atoms with Gasteiger partial charge in [-0.15, -0.1) is 0 Å². The second kappa shape index (κ2) is 9.60. The monoisotopic (exact) mass is 532 g/mol. The van der Waals surface area contributed by atoms with E-state index in [1.165, 1.54) is 22.7 Å². The van der Waals surface area contributed by atoms with Crippen LogP contribution in [-0.4, -0.2) is 48.6 Å². The molecule has 0 aliphatic carbocycles. The van der Waals surface area contributed by atoms with Gasteiger partial charge in [-0.1, -0.05) is 24.3 Å². The van der Waals surface area contributed by atoms with Gasteiger partial charge in [0.1, 0.15) is 23.2 Å². The average molecular weight is 533 g/mol. The minimum Gasteiger partial charge on any atom is -0.492 e. The summed E-state index contributed by atoms with van der Waals surface area (Å²) in [6.07, 6.45) is 1.34. The second-order valence-electron chi connectivity index (χ2n) is 9.36. The Morgan fingerprint density at radius 2 is 1.92 bits per heavy atom. The van der Waals surface area contributed by atoms with Gasteiger partial charge in [0.25, 0.3) is 6.43 Å². The molecular weight excluding hydrogens is 505 g/mol. The van der Waals surface area contributed by atoms with E-state index in [0.717, 1.165) is 34.0 Å². The van der Waals surface area contributed by atoms with Crippen molar-refractivity contribution >= 4 is 32.3 Å². The Hall–Kier alpha value is -3.18. The van der Waals surface area contributed by atoms with Crippen molar-refractivity contribution in [1.29, 1.82) is 0 Å². The Labute approximate surface area is 213 Å². The molecule has 0 unspecified atom stereocenters. The predicted octanol–water partition coefficient (Wildman–Crippen LogP) is 5.17. The summed E-state index contributed by atoms with van der Waals surface area (Å²) in [5, 5.41) is 3.92. The fourth-order valence-electron chi connectivity index (χ4n) is 4.98. The van der Waals surface area contributed by atoms with E-state index in [4.69, 9.17) is 4.74 Å². The van der Waals surface area contributed by atoms with Gasteiger partial charge in [-0.25, -0.2) is 31.6 Å². The third-order valence-electron chi connectivity index (χ3n) is 6.85. The van der Waals surface area contributed by atoms with Crippen molar-refractivity contribution in [3.63, 3.8) is 0 Å². The number of sulfonamides is 1. The van der Waals surface area contributed by atoms with Gasteiger partial charge in [0.2, 0.25) is 10.0 Å². The molecule has 2 aliphatic heterocycles. The molecule has 1 atom stereocenters. The number of benzene rings is 2. The molecule has 37 heavy (non-hydrogen) atoms. The lowest BCUT2D eigenvalue weighted by Gasteiger charge is -2.25. The van der Waals surface area contributed by atoms with Crippen LogP contribution in [0.25, 0.3) is 16.5 Å². The van der Waals surface area contributed by atoms with Crippen LogP contribution < -0.4 is 10.1 Å². The number of aromatic nitrogens is 2. The summed E-state index contributed by atoms with van der Waals surface area (Å²) in [6, 6.07) is 5.24. The first-order chi connectivity index (χ1) is 17.5. The zero-order valence-corrected chi connectivity index (χ0v) is 21.5. The minimum atomic E-state index is -3.29. The molecule has 2 aromatic carbocycles. The number of hydrogen-bond donors (Lipinski definition) is 1. The molecule has 196 valence electrons. The summed E-state index contributed by atoms with van der Waals surface area (Å²) in [5.74, 6) is 0.762. The SMILES string of the molecule is Cc1nc(N[C@H](C)c2cccc(C(F)F)c2F)c2cc(C3=CCN(S(C)(=O)=O)CC3)c3c(c2n1)CCO3. The van der Waals surface area contributed by atoms with Crippen molar-refractivity contribution in [1.82, 2.24) is 14.3 Å². The van der Waals surface area contributed by atoms with Crippen molar-refractivity contribution < 1.29 is 26.3 Å². The van der Waals surface area contributed by atoms with E-state index in [1.54, 1.807) is 13.8 Å². The van der Waals surface area contributed by atoms with Gasteiger partial charge in [0, 0.05) is 41.6 Å². The maximum absolute atomic E-state index is 14.8. The highest BCUT2D eigenvalue weighted by Gasteiger charge is 2.28. The Morgan fingerprint density at radius 1 is 1.16 bits per heavy atom. The van der Waals surface area contributed by atoms with Crippen LogP contribution in [-0.2, 0) is 16.4 Å². The van der Waals surface area contributed by atoms with Crippen LogP contribution in [0, 0.1) is 12.7 Å². The number of hydrogen-bond acceptors (Lipinski definition) is 6. The van der Waals surface area contributed by atoms with Gasteiger partial charge in [0.15, 0.2) is 0 Å². The highest BCUT2D eigenvalue weighted by molar-refractivity contribution is 7.88. The maximum Gasteiger partial charge on any atom is 0.266 e. The summed E-state index contributed by atoms with van der Waals surface area (Å²) in [4.78, 5) is 9.23. The zero-order valence-electron chi connectivity index (χ0n) is 20.7. The molecule has 2 aliphatic rings.